The quantitative estimate of drug-likeness (QED) is 0.140. The minimum Gasteiger partial charge on any atom is -0.354 e. The number of carbonyl (C=O) groups excluding carboxylic acids is 1. The van der Waals surface area contributed by atoms with Crippen LogP contribution in [-0.4, -0.2) is 47.5 Å². The van der Waals surface area contributed by atoms with E-state index in [0.29, 0.717) is 36.6 Å². The lowest BCUT2D eigenvalue weighted by Crippen LogP contribution is -2.25. The highest BCUT2D eigenvalue weighted by atomic mass is 19.1. The summed E-state index contributed by atoms with van der Waals surface area (Å²) in [5.41, 5.74) is 3.32. The Balaban J connectivity index is 0.00000274. The fraction of sp³-hybridized carbons (Fsp3) is 0.344. The van der Waals surface area contributed by atoms with Gasteiger partial charge in [-0.2, -0.15) is 4.98 Å². The number of nitrogens with one attached hydrogen (secondary N) is 2. The molecule has 1 amide bonds. The molecule has 2 N–H and O–H groups in total. The van der Waals surface area contributed by atoms with Crippen LogP contribution in [0.5, 0.6) is 0 Å². The molecule has 0 unspecified atom stereocenters. The normalized spacial score (nSPS) is 10.7. The number of terminal acetylenes is 1. The number of anilines is 2. The molecule has 0 saturated heterocycles. The molecule has 1 heterocycles. The molecule has 6 nitrogen and oxygen atoms in total. The summed E-state index contributed by atoms with van der Waals surface area (Å²) in [5, 5.41) is 5.88. The second-order valence-electron chi connectivity index (χ2n) is 8.73. The molecule has 3 rings (SSSR count). The smallest absolute Gasteiger partial charge is 0.225 e. The van der Waals surface area contributed by atoms with Crippen LogP contribution >= 0.6 is 0 Å². The van der Waals surface area contributed by atoms with Crippen LogP contribution in [0, 0.1) is 30.9 Å². The fourth-order valence-corrected chi connectivity index (χ4v) is 4.11. The van der Waals surface area contributed by atoms with Crippen molar-refractivity contribution in [1.82, 2.24) is 14.9 Å². The van der Waals surface area contributed by atoms with Crippen LogP contribution in [0.4, 0.5) is 20.5 Å². The van der Waals surface area contributed by atoms with Crippen LogP contribution in [0.3, 0.4) is 0 Å². The van der Waals surface area contributed by atoms with E-state index in [4.69, 9.17) is 11.4 Å². The molecule has 3 aromatic rings. The highest BCUT2D eigenvalue weighted by molar-refractivity contribution is 5.89. The van der Waals surface area contributed by atoms with Gasteiger partial charge in [-0.3, -0.25) is 4.79 Å². The Morgan fingerprint density at radius 2 is 1.70 bits per heavy atom. The van der Waals surface area contributed by atoms with Crippen molar-refractivity contribution in [2.24, 2.45) is 0 Å². The van der Waals surface area contributed by atoms with Gasteiger partial charge in [0.2, 0.25) is 12.4 Å². The van der Waals surface area contributed by atoms with Crippen LogP contribution in [0.2, 0.25) is 0 Å². The minimum atomic E-state index is -0.702. The summed E-state index contributed by atoms with van der Waals surface area (Å²) >= 11 is 0. The Morgan fingerprint density at radius 1 is 1.02 bits per heavy atom. The van der Waals surface area contributed by atoms with Crippen molar-refractivity contribution in [2.75, 3.05) is 36.8 Å². The predicted molar refractivity (Wildman–Crippen MR) is 162 cm³/mol. The third-order valence-electron chi connectivity index (χ3n) is 6.25. The van der Waals surface area contributed by atoms with Crippen molar-refractivity contribution in [2.45, 2.75) is 47.5 Å². The number of halogens is 2. The van der Waals surface area contributed by atoms with Crippen LogP contribution in [0.15, 0.2) is 36.4 Å². The number of hydrogen-bond acceptors (Lipinski definition) is 5. The van der Waals surface area contributed by atoms with E-state index in [-0.39, 0.29) is 11.4 Å². The molecule has 0 aliphatic rings. The number of aryl methyl sites for hydroxylation is 1. The summed E-state index contributed by atoms with van der Waals surface area (Å²) in [5.74, 6) is 1.79. The summed E-state index contributed by atoms with van der Waals surface area (Å²) in [7, 11) is 0. The second-order valence-corrected chi connectivity index (χ2v) is 8.73. The van der Waals surface area contributed by atoms with Crippen molar-refractivity contribution in [3.8, 4) is 23.6 Å². The maximum atomic E-state index is 14.3. The first-order chi connectivity index (χ1) is 19.4. The first kappa shape index (κ1) is 32.1. The summed E-state index contributed by atoms with van der Waals surface area (Å²) in [6.07, 6.45) is 10.2. The first-order valence-corrected chi connectivity index (χ1v) is 13.7. The highest BCUT2D eigenvalue weighted by Crippen LogP contribution is 2.33. The number of nitrogens with zero attached hydrogens (tertiary/aromatic N) is 3. The standard InChI is InChI=1S/C30H33F2N5O.C2H6/c1-5-10-22-14-13-21(4)25(19-22)28-24(16-15-23-26(31)11-8-12-27(23)32)29(34-20-38)36-30(35-28)33-17-9-18-37(6-2)7-3;1-2/h1,8,11-16,19-20H,6-7,9-10,17-18H2,2-4H3,(H2,33,34,35,36,38);1-2H3/b16-15-;. The summed E-state index contributed by atoms with van der Waals surface area (Å²) in [6.45, 7) is 13.7. The van der Waals surface area contributed by atoms with Gasteiger partial charge in [-0.05, 0) is 74.5 Å². The number of carbonyl (C=O) groups is 1. The van der Waals surface area contributed by atoms with E-state index in [1.165, 1.54) is 30.4 Å². The molecule has 0 atom stereocenters. The van der Waals surface area contributed by atoms with Gasteiger partial charge in [0.15, 0.2) is 0 Å². The van der Waals surface area contributed by atoms with Crippen molar-refractivity contribution in [3.63, 3.8) is 0 Å². The maximum Gasteiger partial charge on any atom is 0.225 e. The van der Waals surface area contributed by atoms with E-state index < -0.39 is 11.6 Å². The molecule has 8 heteroatoms. The van der Waals surface area contributed by atoms with Gasteiger partial charge in [-0.25, -0.2) is 13.8 Å². The van der Waals surface area contributed by atoms with Gasteiger partial charge < -0.3 is 15.5 Å². The topological polar surface area (TPSA) is 70.2 Å². The van der Waals surface area contributed by atoms with E-state index in [1.807, 2.05) is 39.0 Å². The Kier molecular flexibility index (Phi) is 13.5. The van der Waals surface area contributed by atoms with Gasteiger partial charge in [-0.1, -0.05) is 45.9 Å². The van der Waals surface area contributed by atoms with Gasteiger partial charge in [0.1, 0.15) is 17.5 Å². The Labute approximate surface area is 236 Å². The molecule has 0 fully saturated rings. The molecule has 0 aliphatic heterocycles. The van der Waals surface area contributed by atoms with Gasteiger partial charge >= 0.3 is 0 Å². The zero-order chi connectivity index (χ0) is 29.5. The molecular formula is C32H39F2N5O. The molecule has 0 bridgehead atoms. The number of benzene rings is 2. The van der Waals surface area contributed by atoms with Gasteiger partial charge in [-0.15, -0.1) is 12.3 Å². The van der Waals surface area contributed by atoms with Crippen molar-refractivity contribution in [1.29, 1.82) is 0 Å². The van der Waals surface area contributed by atoms with Crippen LogP contribution < -0.4 is 10.6 Å². The average Bonchev–Trinajstić information content (AvgIpc) is 2.96. The van der Waals surface area contributed by atoms with Gasteiger partial charge in [0, 0.05) is 29.7 Å². The molecule has 212 valence electrons. The summed E-state index contributed by atoms with van der Waals surface area (Å²) in [6, 6.07) is 9.50. The predicted octanol–water partition coefficient (Wildman–Crippen LogP) is 6.81. The van der Waals surface area contributed by atoms with Crippen LogP contribution in [0.1, 0.15) is 56.4 Å². The summed E-state index contributed by atoms with van der Waals surface area (Å²) < 4.78 is 28.7. The number of amides is 1. The lowest BCUT2D eigenvalue weighted by atomic mass is 9.97. The number of hydrogen-bond donors (Lipinski definition) is 2. The Morgan fingerprint density at radius 3 is 2.33 bits per heavy atom. The highest BCUT2D eigenvalue weighted by Gasteiger charge is 2.17. The molecular weight excluding hydrogens is 508 g/mol. The zero-order valence-corrected chi connectivity index (χ0v) is 24.0. The van der Waals surface area contributed by atoms with Crippen LogP contribution in [0.25, 0.3) is 23.4 Å². The molecule has 40 heavy (non-hydrogen) atoms. The molecule has 0 saturated carbocycles. The third-order valence-corrected chi connectivity index (χ3v) is 6.25. The largest absolute Gasteiger partial charge is 0.354 e. The lowest BCUT2D eigenvalue weighted by molar-refractivity contribution is -0.105. The molecule has 0 aliphatic carbocycles. The lowest BCUT2D eigenvalue weighted by Gasteiger charge is -2.18. The van der Waals surface area contributed by atoms with E-state index >= 15 is 0 Å². The zero-order valence-electron chi connectivity index (χ0n) is 24.0. The van der Waals surface area contributed by atoms with E-state index in [0.717, 1.165) is 42.7 Å². The maximum absolute atomic E-state index is 14.3. The van der Waals surface area contributed by atoms with Gasteiger partial charge in [0.25, 0.3) is 0 Å². The van der Waals surface area contributed by atoms with E-state index in [2.05, 4.69) is 40.3 Å². The first-order valence-electron chi connectivity index (χ1n) is 13.7. The van der Waals surface area contributed by atoms with Crippen molar-refractivity contribution >= 4 is 30.3 Å². The molecule has 0 spiro atoms. The molecule has 1 aromatic heterocycles. The molecule has 2 aromatic carbocycles. The second kappa shape index (κ2) is 16.8. The Bertz CT molecular complexity index is 1310. The fourth-order valence-electron chi connectivity index (χ4n) is 4.11. The third kappa shape index (κ3) is 8.72. The van der Waals surface area contributed by atoms with Crippen LogP contribution in [-0.2, 0) is 11.2 Å². The number of rotatable bonds is 13. The van der Waals surface area contributed by atoms with Crippen molar-refractivity contribution in [3.05, 3.63) is 70.3 Å². The number of aromatic nitrogens is 2. The SMILES string of the molecule is C#CCc1ccc(C)c(-c2nc(NCCCN(CC)CC)nc(NC=O)c2/C=C\c2c(F)cccc2F)c1.CC. The Hall–Kier alpha value is -4.09. The van der Waals surface area contributed by atoms with E-state index in [9.17, 15) is 13.6 Å². The van der Waals surface area contributed by atoms with Gasteiger partial charge in [0.05, 0.1) is 5.69 Å². The summed E-state index contributed by atoms with van der Waals surface area (Å²) in [4.78, 5) is 23.1. The minimum absolute atomic E-state index is 0.202. The van der Waals surface area contributed by atoms with E-state index in [1.54, 1.807) is 0 Å². The molecule has 0 radical (unpaired) electrons. The average molecular weight is 548 g/mol. The van der Waals surface area contributed by atoms with Crippen molar-refractivity contribution < 1.29 is 13.6 Å². The monoisotopic (exact) mass is 547 g/mol.